The predicted molar refractivity (Wildman–Crippen MR) is 77.0 cm³/mol. The number of nitrogens with one attached hydrogen (secondary N) is 1. The van der Waals surface area contributed by atoms with Crippen LogP contribution in [0, 0.1) is 0 Å². The summed E-state index contributed by atoms with van der Waals surface area (Å²) in [6.45, 7) is 4.76. The molecule has 1 aromatic heterocycles. The molecule has 0 unspecified atom stereocenters. The Balaban J connectivity index is 2.16. The molecule has 0 aliphatic carbocycles. The van der Waals surface area contributed by atoms with Gasteiger partial charge in [0.25, 0.3) is 0 Å². The number of nitrogens with zero attached hydrogens (tertiary/aromatic N) is 1. The molecule has 0 bridgehead atoms. The van der Waals surface area contributed by atoms with E-state index in [2.05, 4.69) is 24.3 Å². The normalized spacial score (nSPS) is 12.0. The lowest BCUT2D eigenvalue weighted by Crippen LogP contribution is -2.21. The molecule has 6 heteroatoms. The summed E-state index contributed by atoms with van der Waals surface area (Å²) in [4.78, 5) is 0.294. The number of aromatic nitrogens is 1. The van der Waals surface area contributed by atoms with Crippen molar-refractivity contribution >= 4 is 9.84 Å². The van der Waals surface area contributed by atoms with Crippen molar-refractivity contribution in [3.05, 3.63) is 36.0 Å². The average Bonchev–Trinajstić information content (AvgIpc) is 2.84. The van der Waals surface area contributed by atoms with Crippen LogP contribution in [0.3, 0.4) is 0 Å². The molecule has 0 amide bonds. The molecule has 1 N–H and O–H groups in total. The molecule has 1 heterocycles. The summed E-state index contributed by atoms with van der Waals surface area (Å²) >= 11 is 0. The molecule has 0 saturated heterocycles. The summed E-state index contributed by atoms with van der Waals surface area (Å²) < 4.78 is 28.0. The van der Waals surface area contributed by atoms with Crippen LogP contribution in [0.1, 0.15) is 19.5 Å². The van der Waals surface area contributed by atoms with Gasteiger partial charge in [0.15, 0.2) is 15.6 Å². The number of hydrogen-bond acceptors (Lipinski definition) is 5. The second kappa shape index (κ2) is 5.76. The van der Waals surface area contributed by atoms with E-state index in [9.17, 15) is 8.42 Å². The number of sulfone groups is 1. The Morgan fingerprint density at radius 2 is 1.90 bits per heavy atom. The summed E-state index contributed by atoms with van der Waals surface area (Å²) in [6.07, 6.45) is 1.19. The van der Waals surface area contributed by atoms with Gasteiger partial charge in [-0.15, -0.1) is 0 Å². The minimum Gasteiger partial charge on any atom is -0.356 e. The van der Waals surface area contributed by atoms with Crippen LogP contribution in [0.25, 0.3) is 11.3 Å². The van der Waals surface area contributed by atoms with Gasteiger partial charge in [0.2, 0.25) is 0 Å². The Morgan fingerprint density at radius 3 is 2.45 bits per heavy atom. The Morgan fingerprint density at radius 1 is 1.25 bits per heavy atom. The van der Waals surface area contributed by atoms with Crippen molar-refractivity contribution in [2.24, 2.45) is 0 Å². The lowest BCUT2D eigenvalue weighted by atomic mass is 10.1. The van der Waals surface area contributed by atoms with Crippen molar-refractivity contribution in [1.82, 2.24) is 10.5 Å². The smallest absolute Gasteiger partial charge is 0.175 e. The lowest BCUT2D eigenvalue weighted by molar-refractivity contribution is 0.417. The first-order valence-corrected chi connectivity index (χ1v) is 8.25. The van der Waals surface area contributed by atoms with Crippen LogP contribution >= 0.6 is 0 Å². The molecule has 0 fully saturated rings. The SMILES string of the molecule is CC(C)NCc1cc(-c2ccc(S(C)(=O)=O)cc2)on1. The largest absolute Gasteiger partial charge is 0.356 e. The molecule has 0 atom stereocenters. The minimum atomic E-state index is -3.17. The molecule has 20 heavy (non-hydrogen) atoms. The highest BCUT2D eigenvalue weighted by Crippen LogP contribution is 2.22. The number of hydrogen-bond donors (Lipinski definition) is 1. The van der Waals surface area contributed by atoms with Crippen LogP contribution in [0.2, 0.25) is 0 Å². The maximum absolute atomic E-state index is 11.4. The molecular formula is C14H18N2O3S. The van der Waals surface area contributed by atoms with E-state index < -0.39 is 9.84 Å². The van der Waals surface area contributed by atoms with Crippen LogP contribution in [0.5, 0.6) is 0 Å². The van der Waals surface area contributed by atoms with Gasteiger partial charge in [0.1, 0.15) is 0 Å². The zero-order valence-corrected chi connectivity index (χ0v) is 12.6. The Kier molecular flexibility index (Phi) is 4.25. The summed E-state index contributed by atoms with van der Waals surface area (Å²) in [7, 11) is -3.17. The number of benzene rings is 1. The van der Waals surface area contributed by atoms with Gasteiger partial charge >= 0.3 is 0 Å². The third kappa shape index (κ3) is 3.68. The molecule has 0 aliphatic rings. The highest BCUT2D eigenvalue weighted by molar-refractivity contribution is 7.90. The third-order valence-electron chi connectivity index (χ3n) is 2.82. The van der Waals surface area contributed by atoms with E-state index in [-0.39, 0.29) is 0 Å². The summed E-state index contributed by atoms with van der Waals surface area (Å²) in [5, 5.41) is 7.23. The van der Waals surface area contributed by atoms with Crippen molar-refractivity contribution in [3.8, 4) is 11.3 Å². The fraction of sp³-hybridized carbons (Fsp3) is 0.357. The van der Waals surface area contributed by atoms with Crippen LogP contribution in [0.15, 0.2) is 39.8 Å². The van der Waals surface area contributed by atoms with Crippen LogP contribution in [-0.2, 0) is 16.4 Å². The lowest BCUT2D eigenvalue weighted by Gasteiger charge is -2.03. The molecule has 0 saturated carbocycles. The molecule has 108 valence electrons. The van der Waals surface area contributed by atoms with Crippen molar-refractivity contribution in [2.45, 2.75) is 31.3 Å². The third-order valence-corrected chi connectivity index (χ3v) is 3.95. The molecule has 2 rings (SSSR count). The second-order valence-corrected chi connectivity index (χ2v) is 7.03. The first-order chi connectivity index (χ1) is 9.36. The van der Waals surface area contributed by atoms with E-state index in [1.54, 1.807) is 24.3 Å². The average molecular weight is 294 g/mol. The van der Waals surface area contributed by atoms with Crippen LogP contribution < -0.4 is 5.32 Å². The Labute approximate surface area is 118 Å². The van der Waals surface area contributed by atoms with Gasteiger partial charge in [0, 0.05) is 30.5 Å². The molecule has 0 spiro atoms. The predicted octanol–water partition coefficient (Wildman–Crippen LogP) is 2.24. The highest BCUT2D eigenvalue weighted by Gasteiger charge is 2.10. The van der Waals surface area contributed by atoms with Gasteiger partial charge in [-0.25, -0.2) is 8.42 Å². The molecule has 0 aliphatic heterocycles. The zero-order valence-electron chi connectivity index (χ0n) is 11.8. The maximum atomic E-state index is 11.4. The molecule has 2 aromatic rings. The first kappa shape index (κ1) is 14.7. The first-order valence-electron chi connectivity index (χ1n) is 6.36. The van der Waals surface area contributed by atoms with Crippen molar-refractivity contribution in [1.29, 1.82) is 0 Å². The van der Waals surface area contributed by atoms with E-state index >= 15 is 0 Å². The van der Waals surface area contributed by atoms with E-state index in [1.807, 2.05) is 6.07 Å². The van der Waals surface area contributed by atoms with Crippen molar-refractivity contribution in [3.63, 3.8) is 0 Å². The fourth-order valence-electron chi connectivity index (χ4n) is 1.71. The van der Waals surface area contributed by atoms with Gasteiger partial charge in [-0.1, -0.05) is 19.0 Å². The standard InChI is InChI=1S/C14H18N2O3S/c1-10(2)15-9-12-8-14(19-16-12)11-4-6-13(7-5-11)20(3,17)18/h4-8,10,15H,9H2,1-3H3. The van der Waals surface area contributed by atoms with Gasteiger partial charge < -0.3 is 9.84 Å². The molecule has 5 nitrogen and oxygen atoms in total. The number of rotatable bonds is 5. The van der Waals surface area contributed by atoms with Crippen molar-refractivity contribution < 1.29 is 12.9 Å². The summed E-state index contributed by atoms with van der Waals surface area (Å²) in [6, 6.07) is 8.81. The second-order valence-electron chi connectivity index (χ2n) is 5.01. The Hall–Kier alpha value is -1.66. The topological polar surface area (TPSA) is 72.2 Å². The van der Waals surface area contributed by atoms with Gasteiger partial charge in [0.05, 0.1) is 10.6 Å². The molecular weight excluding hydrogens is 276 g/mol. The zero-order chi connectivity index (χ0) is 14.8. The fourth-order valence-corrected chi connectivity index (χ4v) is 2.34. The molecule has 0 radical (unpaired) electrons. The van der Waals surface area contributed by atoms with Crippen LogP contribution in [-0.4, -0.2) is 25.9 Å². The van der Waals surface area contributed by atoms with E-state index in [0.29, 0.717) is 23.2 Å². The Bertz CT molecular complexity index is 673. The van der Waals surface area contributed by atoms with E-state index in [1.165, 1.54) is 6.26 Å². The van der Waals surface area contributed by atoms with E-state index in [4.69, 9.17) is 4.52 Å². The van der Waals surface area contributed by atoms with Gasteiger partial charge in [-0.2, -0.15) is 0 Å². The van der Waals surface area contributed by atoms with Crippen LogP contribution in [0.4, 0.5) is 0 Å². The van der Waals surface area contributed by atoms with E-state index in [0.717, 1.165) is 11.3 Å². The quantitative estimate of drug-likeness (QED) is 0.915. The maximum Gasteiger partial charge on any atom is 0.175 e. The summed E-state index contributed by atoms with van der Waals surface area (Å²) in [5.74, 6) is 0.630. The monoisotopic (exact) mass is 294 g/mol. The molecule has 1 aromatic carbocycles. The highest BCUT2D eigenvalue weighted by atomic mass is 32.2. The van der Waals surface area contributed by atoms with Crippen molar-refractivity contribution in [2.75, 3.05) is 6.26 Å². The van der Waals surface area contributed by atoms with Gasteiger partial charge in [-0.05, 0) is 24.3 Å². The van der Waals surface area contributed by atoms with Gasteiger partial charge in [-0.3, -0.25) is 0 Å². The summed E-state index contributed by atoms with van der Waals surface area (Å²) in [5.41, 5.74) is 1.63. The minimum absolute atomic E-state index is 0.294.